The second-order valence-corrected chi connectivity index (χ2v) is 12.8. The summed E-state index contributed by atoms with van der Waals surface area (Å²) < 4.78 is 38.8. The van der Waals surface area contributed by atoms with Gasteiger partial charge in [0.25, 0.3) is 0 Å². The average molecular weight is 565 g/mol. The molecule has 1 aliphatic carbocycles. The molecule has 1 saturated carbocycles. The number of aromatic nitrogens is 3. The molecule has 1 aliphatic heterocycles. The van der Waals surface area contributed by atoms with Crippen LogP contribution in [0.15, 0.2) is 18.6 Å². The second kappa shape index (κ2) is 10.4. The summed E-state index contributed by atoms with van der Waals surface area (Å²) in [5, 5.41) is 14.5. The van der Waals surface area contributed by atoms with E-state index >= 15 is 0 Å². The highest BCUT2D eigenvalue weighted by Crippen LogP contribution is 2.40. The van der Waals surface area contributed by atoms with Gasteiger partial charge in [0.05, 0.1) is 33.9 Å². The van der Waals surface area contributed by atoms with Crippen molar-refractivity contribution in [1.29, 1.82) is 0 Å². The number of nitrogens with one attached hydrogen (secondary N) is 2. The minimum Gasteiger partial charge on any atom is -0.393 e. The van der Waals surface area contributed by atoms with Gasteiger partial charge in [-0.15, -0.1) is 22.7 Å². The molecule has 0 amide bonds. The molecule has 37 heavy (non-hydrogen) atoms. The SMILES string of the molecule is Cc1nc2c(s1)CCO[C@H]2c1cc(C(=O)c2cncnc2N[C@H]2C[C@H](O)[C@@H]([CH]NS(=O)(=O)O)C2)sc1C. The van der Waals surface area contributed by atoms with Crippen molar-refractivity contribution in [2.75, 3.05) is 11.9 Å². The molecule has 2 aliphatic rings. The monoisotopic (exact) mass is 564 g/mol. The minimum absolute atomic E-state index is 0.234. The third-order valence-electron chi connectivity index (χ3n) is 6.46. The molecule has 3 aromatic rings. The van der Waals surface area contributed by atoms with Crippen LogP contribution in [0.25, 0.3) is 0 Å². The fourth-order valence-corrected chi connectivity index (χ4v) is 7.07. The van der Waals surface area contributed by atoms with E-state index in [1.54, 1.807) is 11.3 Å². The summed E-state index contributed by atoms with van der Waals surface area (Å²) in [5.41, 5.74) is 2.14. The highest BCUT2D eigenvalue weighted by atomic mass is 32.2. The van der Waals surface area contributed by atoms with E-state index < -0.39 is 22.3 Å². The van der Waals surface area contributed by atoms with Crippen LogP contribution in [0.2, 0.25) is 0 Å². The van der Waals surface area contributed by atoms with Gasteiger partial charge >= 0.3 is 10.3 Å². The molecular weight excluding hydrogens is 538 g/mol. The largest absolute Gasteiger partial charge is 0.393 e. The van der Waals surface area contributed by atoms with Gasteiger partial charge in [-0.3, -0.25) is 9.35 Å². The zero-order valence-electron chi connectivity index (χ0n) is 20.0. The number of rotatable bonds is 8. The lowest BCUT2D eigenvalue weighted by molar-refractivity contribution is 0.0679. The number of ketones is 1. The number of carbonyl (C=O) groups excluding carboxylic acids is 1. The van der Waals surface area contributed by atoms with Crippen molar-refractivity contribution in [3.8, 4) is 0 Å². The molecule has 11 nitrogen and oxygen atoms in total. The predicted octanol–water partition coefficient (Wildman–Crippen LogP) is 2.61. The van der Waals surface area contributed by atoms with Gasteiger partial charge in [-0.25, -0.2) is 15.0 Å². The standard InChI is InChI=1S/C23H26N5O6S3/c1-11-15(22-20-18(3-4-34-22)36-12(2)27-20)7-19(35-11)21(30)16-9-24-10-25-23(16)28-14-5-13(17(29)6-14)8-26-37(31,32)33/h7-10,13-14,17,22,26,29H,3-6H2,1-2H3,(H,24,25,28)(H,31,32,33)/t13-,14-,17+,22+/m1/s1. The van der Waals surface area contributed by atoms with Crippen molar-refractivity contribution in [2.24, 2.45) is 5.92 Å². The van der Waals surface area contributed by atoms with Gasteiger partial charge in [0, 0.05) is 46.4 Å². The number of anilines is 1. The summed E-state index contributed by atoms with van der Waals surface area (Å²) in [6.45, 7) is 5.70. The number of hydrogen-bond donors (Lipinski definition) is 4. The molecule has 5 rings (SSSR count). The molecule has 0 saturated heterocycles. The lowest BCUT2D eigenvalue weighted by Gasteiger charge is -2.22. The number of hydrogen-bond acceptors (Lipinski definition) is 11. The predicted molar refractivity (Wildman–Crippen MR) is 138 cm³/mol. The molecular formula is C23H26N5O6S3. The number of carbonyl (C=O) groups is 1. The maximum atomic E-state index is 13.6. The first kappa shape index (κ1) is 26.3. The van der Waals surface area contributed by atoms with Crippen LogP contribution < -0.4 is 10.0 Å². The van der Waals surface area contributed by atoms with E-state index in [1.165, 1.54) is 28.7 Å². The number of fused-ring (bicyclic) bond motifs is 1. The highest BCUT2D eigenvalue weighted by molar-refractivity contribution is 7.83. The van der Waals surface area contributed by atoms with Crippen LogP contribution in [0.1, 0.15) is 60.2 Å². The van der Waals surface area contributed by atoms with Crippen molar-refractivity contribution in [2.45, 2.75) is 51.4 Å². The zero-order valence-corrected chi connectivity index (χ0v) is 22.5. The molecule has 4 atom stereocenters. The second-order valence-electron chi connectivity index (χ2n) is 9.08. The highest BCUT2D eigenvalue weighted by Gasteiger charge is 2.35. The molecule has 0 unspecified atom stereocenters. The molecule has 197 valence electrons. The number of thiazole rings is 1. The number of thiophene rings is 1. The van der Waals surface area contributed by atoms with Crippen LogP contribution in [-0.2, 0) is 21.5 Å². The summed E-state index contributed by atoms with van der Waals surface area (Å²) in [5.74, 6) is -0.417. The van der Waals surface area contributed by atoms with Crippen LogP contribution in [-0.4, -0.2) is 57.6 Å². The van der Waals surface area contributed by atoms with Crippen LogP contribution in [0.3, 0.4) is 0 Å². The molecule has 4 heterocycles. The Morgan fingerprint density at radius 3 is 2.86 bits per heavy atom. The summed E-state index contributed by atoms with van der Waals surface area (Å²) in [7, 11) is -4.40. The Morgan fingerprint density at radius 2 is 2.08 bits per heavy atom. The van der Waals surface area contributed by atoms with E-state index in [1.807, 2.05) is 24.6 Å². The fourth-order valence-electron chi connectivity index (χ4n) is 4.78. The Morgan fingerprint density at radius 1 is 1.27 bits per heavy atom. The first-order chi connectivity index (χ1) is 17.6. The molecule has 0 aromatic carbocycles. The molecule has 0 spiro atoms. The molecule has 3 aromatic heterocycles. The quantitative estimate of drug-likeness (QED) is 0.236. The lowest BCUT2D eigenvalue weighted by atomic mass is 10.0. The van der Waals surface area contributed by atoms with Crippen LogP contribution in [0, 0.1) is 26.3 Å². The number of aliphatic hydroxyl groups excluding tert-OH is 1. The van der Waals surface area contributed by atoms with Crippen molar-refractivity contribution < 1.29 is 27.6 Å². The maximum Gasteiger partial charge on any atom is 0.333 e. The van der Waals surface area contributed by atoms with Gasteiger partial charge in [-0.05, 0) is 32.8 Å². The van der Waals surface area contributed by atoms with E-state index in [9.17, 15) is 18.3 Å². The topological polar surface area (TPSA) is 164 Å². The summed E-state index contributed by atoms with van der Waals surface area (Å²) in [6, 6.07) is 1.59. The maximum absolute atomic E-state index is 13.6. The Labute approximate surface area is 222 Å². The van der Waals surface area contributed by atoms with E-state index in [2.05, 4.69) is 20.3 Å². The van der Waals surface area contributed by atoms with Gasteiger partial charge < -0.3 is 15.2 Å². The molecule has 1 fully saturated rings. The number of ether oxygens (including phenoxy) is 1. The van der Waals surface area contributed by atoms with E-state index in [-0.39, 0.29) is 17.9 Å². The van der Waals surface area contributed by atoms with Crippen LogP contribution >= 0.6 is 22.7 Å². The third-order valence-corrected chi connectivity index (χ3v) is 9.01. The molecule has 0 bridgehead atoms. The molecule has 1 radical (unpaired) electrons. The number of aliphatic hydroxyl groups is 1. The van der Waals surface area contributed by atoms with Gasteiger partial charge in [0.15, 0.2) is 0 Å². The Kier molecular flexibility index (Phi) is 7.42. The van der Waals surface area contributed by atoms with E-state index in [0.717, 1.165) is 34.1 Å². The average Bonchev–Trinajstić information content (AvgIpc) is 3.52. The van der Waals surface area contributed by atoms with Gasteiger partial charge in [0.2, 0.25) is 5.78 Å². The van der Waals surface area contributed by atoms with Crippen LogP contribution in [0.4, 0.5) is 5.82 Å². The summed E-state index contributed by atoms with van der Waals surface area (Å²) in [6.07, 6.45) is 3.18. The van der Waals surface area contributed by atoms with Gasteiger partial charge in [-0.2, -0.15) is 13.1 Å². The van der Waals surface area contributed by atoms with Crippen LogP contribution in [0.5, 0.6) is 0 Å². The van der Waals surface area contributed by atoms with E-state index in [4.69, 9.17) is 9.29 Å². The number of nitrogens with zero attached hydrogens (tertiary/aromatic N) is 3. The van der Waals surface area contributed by atoms with Gasteiger partial charge in [-0.1, -0.05) is 0 Å². The lowest BCUT2D eigenvalue weighted by Crippen LogP contribution is -2.27. The van der Waals surface area contributed by atoms with Crippen molar-refractivity contribution in [1.82, 2.24) is 19.7 Å². The first-order valence-corrected chi connectivity index (χ1v) is 14.7. The number of aryl methyl sites for hydroxylation is 2. The summed E-state index contributed by atoms with van der Waals surface area (Å²) in [4.78, 5) is 29.3. The Hall–Kier alpha value is -2.33. The fraction of sp³-hybridized carbons (Fsp3) is 0.435. The third kappa shape index (κ3) is 5.74. The Bertz CT molecular complexity index is 1420. The minimum atomic E-state index is -4.40. The van der Waals surface area contributed by atoms with Crippen molar-refractivity contribution >= 4 is 44.6 Å². The molecule has 14 heteroatoms. The van der Waals surface area contributed by atoms with Crippen molar-refractivity contribution in [3.05, 3.63) is 61.6 Å². The van der Waals surface area contributed by atoms with Crippen molar-refractivity contribution in [3.63, 3.8) is 0 Å². The smallest absolute Gasteiger partial charge is 0.333 e. The van der Waals surface area contributed by atoms with Gasteiger partial charge in [0.1, 0.15) is 18.2 Å². The molecule has 4 N–H and O–H groups in total. The Balaban J connectivity index is 1.34. The first-order valence-electron chi connectivity index (χ1n) is 11.6. The normalized spacial score (nSPS) is 23.7. The summed E-state index contributed by atoms with van der Waals surface area (Å²) >= 11 is 3.06. The van der Waals surface area contributed by atoms with E-state index in [0.29, 0.717) is 35.7 Å². The zero-order chi connectivity index (χ0) is 26.3.